The van der Waals surface area contributed by atoms with Crippen LogP contribution in [-0.4, -0.2) is 18.4 Å². The van der Waals surface area contributed by atoms with Crippen molar-refractivity contribution in [3.8, 4) is 17.0 Å². The van der Waals surface area contributed by atoms with E-state index in [2.05, 4.69) is 4.98 Å². The van der Waals surface area contributed by atoms with E-state index < -0.39 is 5.82 Å². The molecule has 0 amide bonds. The number of nitrogens with zero attached hydrogens (tertiary/aromatic N) is 1. The van der Waals surface area contributed by atoms with Gasteiger partial charge in [-0.1, -0.05) is 6.07 Å². The highest BCUT2D eigenvalue weighted by atomic mass is 19.1. The van der Waals surface area contributed by atoms with Crippen molar-refractivity contribution in [1.29, 1.82) is 0 Å². The van der Waals surface area contributed by atoms with Gasteiger partial charge >= 0.3 is 0 Å². The van der Waals surface area contributed by atoms with Gasteiger partial charge in [-0.2, -0.15) is 0 Å². The van der Waals surface area contributed by atoms with Crippen LogP contribution in [0.5, 0.6) is 5.88 Å². The van der Waals surface area contributed by atoms with Crippen molar-refractivity contribution in [3.63, 3.8) is 0 Å². The van der Waals surface area contributed by atoms with Crippen molar-refractivity contribution in [2.24, 2.45) is 0 Å². The van der Waals surface area contributed by atoms with Gasteiger partial charge in [-0.3, -0.25) is 4.79 Å². The maximum atomic E-state index is 13.4. The summed E-state index contributed by atoms with van der Waals surface area (Å²) in [6.07, 6.45) is 2.08. The molecule has 0 atom stereocenters. The first kappa shape index (κ1) is 11.3. The number of hydrogen-bond acceptors (Lipinski definition) is 3. The molecule has 0 saturated carbocycles. The van der Waals surface area contributed by atoms with Crippen LogP contribution in [0.1, 0.15) is 10.4 Å². The third-order valence-electron chi connectivity index (χ3n) is 2.40. The molecule has 0 aliphatic carbocycles. The Morgan fingerprint density at radius 1 is 1.24 bits per heavy atom. The summed E-state index contributed by atoms with van der Waals surface area (Å²) >= 11 is 0. The molecule has 1 aromatic heterocycles. The maximum Gasteiger partial charge on any atom is 0.213 e. The second kappa shape index (κ2) is 4.74. The number of carbonyl (C=O) groups is 1. The zero-order chi connectivity index (χ0) is 12.3. The van der Waals surface area contributed by atoms with Crippen LogP contribution >= 0.6 is 0 Å². The maximum absolute atomic E-state index is 13.4. The molecule has 0 fully saturated rings. The second-order valence-electron chi connectivity index (χ2n) is 3.44. The number of aldehydes is 1. The largest absolute Gasteiger partial charge is 0.481 e. The molecule has 2 aromatic rings. The van der Waals surface area contributed by atoms with E-state index in [1.165, 1.54) is 19.2 Å². The number of methoxy groups -OCH3 is 1. The zero-order valence-corrected chi connectivity index (χ0v) is 9.18. The van der Waals surface area contributed by atoms with Crippen molar-refractivity contribution < 1.29 is 13.9 Å². The summed E-state index contributed by atoms with van der Waals surface area (Å²) < 4.78 is 18.4. The van der Waals surface area contributed by atoms with Gasteiger partial charge in [-0.25, -0.2) is 9.37 Å². The Bertz CT molecular complexity index is 555. The third-order valence-corrected chi connectivity index (χ3v) is 2.40. The molecule has 0 radical (unpaired) electrons. The van der Waals surface area contributed by atoms with Gasteiger partial charge in [0.05, 0.1) is 12.7 Å². The highest BCUT2D eigenvalue weighted by Gasteiger charge is 2.05. The fourth-order valence-electron chi connectivity index (χ4n) is 1.50. The predicted molar refractivity (Wildman–Crippen MR) is 61.6 cm³/mol. The average molecular weight is 231 g/mol. The quantitative estimate of drug-likeness (QED) is 0.762. The third kappa shape index (κ3) is 2.30. The lowest BCUT2D eigenvalue weighted by Gasteiger charge is -2.04. The summed E-state index contributed by atoms with van der Waals surface area (Å²) in [6, 6.07) is 7.90. The van der Waals surface area contributed by atoms with Gasteiger partial charge in [0.1, 0.15) is 5.82 Å². The Labute approximate surface area is 97.9 Å². The first-order valence-corrected chi connectivity index (χ1v) is 4.99. The van der Waals surface area contributed by atoms with Gasteiger partial charge in [-0.05, 0) is 29.3 Å². The summed E-state index contributed by atoms with van der Waals surface area (Å²) in [5, 5.41) is 0. The number of ether oxygens (including phenoxy) is 1. The topological polar surface area (TPSA) is 39.2 Å². The molecule has 0 aliphatic heterocycles. The molecule has 2 rings (SSSR count). The van der Waals surface area contributed by atoms with Gasteiger partial charge in [0.25, 0.3) is 0 Å². The second-order valence-corrected chi connectivity index (χ2v) is 3.44. The Balaban J connectivity index is 2.45. The minimum absolute atomic E-state index is 0.0507. The number of rotatable bonds is 3. The van der Waals surface area contributed by atoms with Gasteiger partial charge in [0, 0.05) is 12.3 Å². The van der Waals surface area contributed by atoms with Gasteiger partial charge < -0.3 is 4.74 Å². The first-order chi connectivity index (χ1) is 8.24. The van der Waals surface area contributed by atoms with Crippen LogP contribution in [0.3, 0.4) is 0 Å². The lowest BCUT2D eigenvalue weighted by molar-refractivity contribution is 0.112. The average Bonchev–Trinajstić information content (AvgIpc) is 2.38. The Kier molecular flexibility index (Phi) is 3.14. The number of benzene rings is 1. The molecular weight excluding hydrogens is 221 g/mol. The molecule has 0 unspecified atom stereocenters. The molecule has 0 N–H and O–H groups in total. The van der Waals surface area contributed by atoms with Crippen LogP contribution in [0.15, 0.2) is 36.5 Å². The minimum Gasteiger partial charge on any atom is -0.481 e. The van der Waals surface area contributed by atoms with E-state index in [9.17, 15) is 9.18 Å². The van der Waals surface area contributed by atoms with E-state index in [4.69, 9.17) is 4.74 Å². The van der Waals surface area contributed by atoms with Crippen LogP contribution in [0.2, 0.25) is 0 Å². The van der Waals surface area contributed by atoms with Crippen LogP contribution < -0.4 is 4.74 Å². The van der Waals surface area contributed by atoms with Crippen LogP contribution in [-0.2, 0) is 0 Å². The SMILES string of the molecule is COc1cc(-c2ccc(C=O)c(F)c2)ccn1. The van der Waals surface area contributed by atoms with Crippen molar-refractivity contribution in [3.05, 3.63) is 47.9 Å². The minimum atomic E-state index is -0.534. The first-order valence-electron chi connectivity index (χ1n) is 4.99. The summed E-state index contributed by atoms with van der Waals surface area (Å²) in [5.74, 6) is -0.0735. The molecule has 17 heavy (non-hydrogen) atoms. The van der Waals surface area contributed by atoms with E-state index >= 15 is 0 Å². The van der Waals surface area contributed by atoms with E-state index in [-0.39, 0.29) is 5.56 Å². The molecule has 0 aliphatic rings. The normalized spacial score (nSPS) is 10.0. The number of halogens is 1. The number of pyridine rings is 1. The molecular formula is C13H10FNO2. The Hall–Kier alpha value is -2.23. The summed E-state index contributed by atoms with van der Waals surface area (Å²) in [6.45, 7) is 0. The summed E-state index contributed by atoms with van der Waals surface area (Å²) in [4.78, 5) is 14.5. The van der Waals surface area contributed by atoms with Crippen molar-refractivity contribution in [2.45, 2.75) is 0 Å². The molecule has 0 spiro atoms. The number of carbonyl (C=O) groups excluding carboxylic acids is 1. The van der Waals surface area contributed by atoms with Crippen molar-refractivity contribution in [2.75, 3.05) is 7.11 Å². The molecule has 4 heteroatoms. The molecule has 0 bridgehead atoms. The fraction of sp³-hybridized carbons (Fsp3) is 0.0769. The van der Waals surface area contributed by atoms with Crippen LogP contribution in [0.25, 0.3) is 11.1 Å². The Morgan fingerprint density at radius 2 is 2.00 bits per heavy atom. The molecule has 3 nitrogen and oxygen atoms in total. The van der Waals surface area contributed by atoms with E-state index in [1.54, 1.807) is 24.4 Å². The lowest BCUT2D eigenvalue weighted by Crippen LogP contribution is -1.90. The van der Waals surface area contributed by atoms with Gasteiger partial charge in [-0.15, -0.1) is 0 Å². The summed E-state index contributed by atoms with van der Waals surface area (Å²) in [7, 11) is 1.52. The van der Waals surface area contributed by atoms with E-state index in [1.807, 2.05) is 0 Å². The van der Waals surface area contributed by atoms with E-state index in [0.717, 1.165) is 5.56 Å². The monoisotopic (exact) mass is 231 g/mol. The zero-order valence-electron chi connectivity index (χ0n) is 9.18. The van der Waals surface area contributed by atoms with Crippen molar-refractivity contribution in [1.82, 2.24) is 4.98 Å². The fourth-order valence-corrected chi connectivity index (χ4v) is 1.50. The van der Waals surface area contributed by atoms with Gasteiger partial charge in [0.15, 0.2) is 6.29 Å². The summed E-state index contributed by atoms with van der Waals surface area (Å²) in [5.41, 5.74) is 1.51. The number of aromatic nitrogens is 1. The standard InChI is InChI=1S/C13H10FNO2/c1-17-13-7-10(4-5-15-13)9-2-3-11(8-16)12(14)6-9/h2-8H,1H3. The predicted octanol–water partition coefficient (Wildman–Crippen LogP) is 2.71. The molecule has 1 heterocycles. The smallest absolute Gasteiger partial charge is 0.213 e. The van der Waals surface area contributed by atoms with Crippen LogP contribution in [0.4, 0.5) is 4.39 Å². The Morgan fingerprint density at radius 3 is 2.65 bits per heavy atom. The lowest BCUT2D eigenvalue weighted by atomic mass is 10.0. The molecule has 0 saturated heterocycles. The highest BCUT2D eigenvalue weighted by molar-refractivity contribution is 5.77. The van der Waals surface area contributed by atoms with Crippen molar-refractivity contribution >= 4 is 6.29 Å². The van der Waals surface area contributed by atoms with Crippen LogP contribution in [0, 0.1) is 5.82 Å². The number of hydrogen-bond donors (Lipinski definition) is 0. The van der Waals surface area contributed by atoms with Gasteiger partial charge in [0.2, 0.25) is 5.88 Å². The molecule has 1 aromatic carbocycles. The van der Waals surface area contributed by atoms with E-state index in [0.29, 0.717) is 17.7 Å². The molecule has 86 valence electrons. The highest BCUT2D eigenvalue weighted by Crippen LogP contribution is 2.23.